The van der Waals surface area contributed by atoms with E-state index in [-0.39, 0.29) is 11.3 Å². The third-order valence-corrected chi connectivity index (χ3v) is 6.40. The van der Waals surface area contributed by atoms with Crippen LogP contribution in [0.15, 0.2) is 36.4 Å². The topological polar surface area (TPSA) is 24.1 Å². The number of hydrogen-bond donors (Lipinski definition) is 3. The maximum Gasteiger partial charge on any atom is 0.126 e. The second-order valence-corrected chi connectivity index (χ2v) is 9.37. The highest BCUT2D eigenvalue weighted by molar-refractivity contribution is 7.81. The molecular weight excluding hydrogens is 418 g/mol. The molecule has 0 spiro atoms. The predicted octanol–water partition coefficient (Wildman–Crippen LogP) is 5.34. The molecule has 2 aromatic rings. The Balaban J connectivity index is 1.69. The minimum absolute atomic E-state index is 0.0750. The zero-order chi connectivity index (χ0) is 21.7. The largest absolute Gasteiger partial charge is 0.376 e. The van der Waals surface area contributed by atoms with Crippen LogP contribution in [0.5, 0.6) is 0 Å². The van der Waals surface area contributed by atoms with E-state index in [9.17, 15) is 8.78 Å². The molecule has 2 nitrogen and oxygen atoms in total. The number of thiocarbonyl (C=S) groups is 1. The first-order chi connectivity index (χ1) is 14.4. The van der Waals surface area contributed by atoms with Gasteiger partial charge in [-0.15, -0.1) is 0 Å². The van der Waals surface area contributed by atoms with Gasteiger partial charge in [0.05, 0.1) is 4.99 Å². The van der Waals surface area contributed by atoms with Crippen LogP contribution in [0.3, 0.4) is 0 Å². The predicted molar refractivity (Wildman–Crippen MR) is 128 cm³/mol. The highest BCUT2D eigenvalue weighted by Gasteiger charge is 2.24. The minimum Gasteiger partial charge on any atom is -0.376 e. The molecule has 0 fully saturated rings. The summed E-state index contributed by atoms with van der Waals surface area (Å²) in [6, 6.07) is 10.6. The summed E-state index contributed by atoms with van der Waals surface area (Å²) in [7, 11) is 0. The molecule has 0 radical (unpaired) electrons. The molecular formula is C24H30F2N2S2. The van der Waals surface area contributed by atoms with Crippen molar-refractivity contribution in [2.75, 3.05) is 6.54 Å². The van der Waals surface area contributed by atoms with Gasteiger partial charge >= 0.3 is 0 Å². The van der Waals surface area contributed by atoms with Crippen molar-refractivity contribution < 1.29 is 8.78 Å². The smallest absolute Gasteiger partial charge is 0.126 e. The van der Waals surface area contributed by atoms with Gasteiger partial charge in [0.15, 0.2) is 0 Å². The number of fused-ring (bicyclic) bond motifs is 1. The number of rotatable bonds is 8. The Kier molecular flexibility index (Phi) is 8.26. The quantitative estimate of drug-likeness (QED) is 0.375. The molecule has 2 N–H and O–H groups in total. The van der Waals surface area contributed by atoms with Crippen LogP contribution in [-0.4, -0.2) is 22.8 Å². The summed E-state index contributed by atoms with van der Waals surface area (Å²) in [4.78, 5) is 0.645. The monoisotopic (exact) mass is 448 g/mol. The van der Waals surface area contributed by atoms with Gasteiger partial charge in [-0.3, -0.25) is 0 Å². The Morgan fingerprint density at radius 3 is 2.57 bits per heavy atom. The van der Waals surface area contributed by atoms with E-state index in [0.717, 1.165) is 31.7 Å². The number of hydrogen-bond acceptors (Lipinski definition) is 3. The molecule has 3 rings (SSSR count). The molecule has 0 aliphatic heterocycles. The van der Waals surface area contributed by atoms with E-state index in [0.29, 0.717) is 29.6 Å². The SMILES string of the molecule is CCc1ccc2c(c1)C(NCC(S)C(Cc1cc(F)cc(F)c1)NC(C)=S)CCC2. The van der Waals surface area contributed by atoms with Crippen molar-refractivity contribution in [1.82, 2.24) is 10.6 Å². The van der Waals surface area contributed by atoms with Gasteiger partial charge in [0.25, 0.3) is 0 Å². The lowest BCUT2D eigenvalue weighted by Gasteiger charge is -2.31. The fourth-order valence-electron chi connectivity index (χ4n) is 4.21. The first kappa shape index (κ1) is 23.2. The zero-order valence-corrected chi connectivity index (χ0v) is 19.3. The average molecular weight is 449 g/mol. The second kappa shape index (κ2) is 10.7. The molecule has 0 amide bonds. The second-order valence-electron chi connectivity index (χ2n) is 8.10. The average Bonchev–Trinajstić information content (AvgIpc) is 2.70. The van der Waals surface area contributed by atoms with E-state index >= 15 is 0 Å². The summed E-state index contributed by atoms with van der Waals surface area (Å²) in [5, 5.41) is 6.87. The molecule has 0 saturated carbocycles. The Bertz CT molecular complexity index is 867. The summed E-state index contributed by atoms with van der Waals surface area (Å²) in [6.07, 6.45) is 4.86. The van der Waals surface area contributed by atoms with Gasteiger partial charge in [0, 0.05) is 29.9 Å². The van der Waals surface area contributed by atoms with E-state index < -0.39 is 11.6 Å². The number of halogens is 2. The van der Waals surface area contributed by atoms with Gasteiger partial charge in [0.2, 0.25) is 0 Å². The normalized spacial score (nSPS) is 17.8. The molecule has 3 atom stereocenters. The summed E-state index contributed by atoms with van der Waals surface area (Å²) in [5.41, 5.74) is 4.76. The first-order valence-electron chi connectivity index (χ1n) is 10.6. The van der Waals surface area contributed by atoms with Crippen LogP contribution in [0.1, 0.15) is 55.0 Å². The van der Waals surface area contributed by atoms with Crippen LogP contribution >= 0.6 is 24.8 Å². The third kappa shape index (κ3) is 6.25. The van der Waals surface area contributed by atoms with Gasteiger partial charge in [-0.25, -0.2) is 8.78 Å². The summed E-state index contributed by atoms with van der Waals surface area (Å²) < 4.78 is 27.2. The van der Waals surface area contributed by atoms with Crippen LogP contribution in [0.2, 0.25) is 0 Å². The Morgan fingerprint density at radius 1 is 1.17 bits per heavy atom. The van der Waals surface area contributed by atoms with E-state index in [1.165, 1.54) is 28.8 Å². The molecule has 1 aliphatic rings. The van der Waals surface area contributed by atoms with Crippen molar-refractivity contribution in [1.29, 1.82) is 0 Å². The fraction of sp³-hybridized carbons (Fsp3) is 0.458. The van der Waals surface area contributed by atoms with Crippen molar-refractivity contribution in [2.45, 2.75) is 63.3 Å². The molecule has 0 heterocycles. The van der Waals surface area contributed by atoms with Crippen LogP contribution < -0.4 is 10.6 Å². The van der Waals surface area contributed by atoms with E-state index in [4.69, 9.17) is 24.8 Å². The number of nitrogens with one attached hydrogen (secondary N) is 2. The molecule has 162 valence electrons. The number of benzene rings is 2. The summed E-state index contributed by atoms with van der Waals surface area (Å²) in [6.45, 7) is 4.66. The van der Waals surface area contributed by atoms with Gasteiger partial charge in [0.1, 0.15) is 11.6 Å². The lowest BCUT2D eigenvalue weighted by atomic mass is 9.86. The maximum absolute atomic E-state index is 13.6. The van der Waals surface area contributed by atoms with Gasteiger partial charge in [-0.2, -0.15) is 12.6 Å². The lowest BCUT2D eigenvalue weighted by molar-refractivity contribution is 0.439. The van der Waals surface area contributed by atoms with E-state index in [1.54, 1.807) is 0 Å². The van der Waals surface area contributed by atoms with Crippen molar-refractivity contribution >= 4 is 29.8 Å². The molecule has 0 saturated heterocycles. The van der Waals surface area contributed by atoms with Gasteiger partial charge < -0.3 is 10.6 Å². The van der Waals surface area contributed by atoms with Crippen LogP contribution in [0, 0.1) is 11.6 Å². The molecule has 0 bridgehead atoms. The van der Waals surface area contributed by atoms with Gasteiger partial charge in [-0.1, -0.05) is 37.3 Å². The molecule has 30 heavy (non-hydrogen) atoms. The maximum atomic E-state index is 13.6. The highest BCUT2D eigenvalue weighted by Crippen LogP contribution is 2.31. The van der Waals surface area contributed by atoms with E-state index in [2.05, 4.69) is 35.8 Å². The van der Waals surface area contributed by atoms with Crippen molar-refractivity contribution in [3.8, 4) is 0 Å². The van der Waals surface area contributed by atoms with Crippen molar-refractivity contribution in [3.05, 3.63) is 70.3 Å². The first-order valence-corrected chi connectivity index (χ1v) is 11.5. The molecule has 0 aromatic heterocycles. The third-order valence-electron chi connectivity index (χ3n) is 5.74. The Hall–Kier alpha value is -1.50. The standard InChI is InChI=1S/C24H30F2N2S2/c1-3-16-7-8-18-5-4-6-22(21(18)11-16)27-14-24(30)23(28-15(2)29)12-17-9-19(25)13-20(26)10-17/h7-11,13,22-24,27,30H,3-6,12,14H2,1-2H3,(H,28,29). The number of thiol groups is 1. The van der Waals surface area contributed by atoms with E-state index in [1.807, 2.05) is 6.92 Å². The van der Waals surface area contributed by atoms with Crippen LogP contribution in [0.25, 0.3) is 0 Å². The molecule has 6 heteroatoms. The van der Waals surface area contributed by atoms with Crippen LogP contribution in [0.4, 0.5) is 8.78 Å². The van der Waals surface area contributed by atoms with Crippen molar-refractivity contribution in [2.24, 2.45) is 0 Å². The Morgan fingerprint density at radius 2 is 1.90 bits per heavy atom. The molecule has 3 unspecified atom stereocenters. The number of aryl methyl sites for hydroxylation is 2. The molecule has 1 aliphatic carbocycles. The lowest BCUT2D eigenvalue weighted by Crippen LogP contribution is -2.46. The van der Waals surface area contributed by atoms with Crippen LogP contribution in [-0.2, 0) is 19.3 Å². The summed E-state index contributed by atoms with van der Waals surface area (Å²) in [5.74, 6) is -1.13. The zero-order valence-electron chi connectivity index (χ0n) is 17.6. The van der Waals surface area contributed by atoms with Crippen molar-refractivity contribution in [3.63, 3.8) is 0 Å². The molecule has 2 aromatic carbocycles. The highest BCUT2D eigenvalue weighted by atomic mass is 32.1. The summed E-state index contributed by atoms with van der Waals surface area (Å²) >= 11 is 10.1. The Labute approximate surface area is 189 Å². The fourth-order valence-corrected chi connectivity index (χ4v) is 4.65. The minimum atomic E-state index is -0.567. The van der Waals surface area contributed by atoms with Gasteiger partial charge in [-0.05, 0) is 73.4 Å².